The Kier molecular flexibility index (Phi) is 4.20. The lowest BCUT2D eigenvalue weighted by molar-refractivity contribution is 0.0696. The van der Waals surface area contributed by atoms with Gasteiger partial charge in [0.2, 0.25) is 0 Å². The van der Waals surface area contributed by atoms with Gasteiger partial charge in [0, 0.05) is 18.6 Å². The molecule has 1 N–H and O–H groups in total. The van der Waals surface area contributed by atoms with Crippen molar-refractivity contribution in [2.24, 2.45) is 0 Å². The highest BCUT2D eigenvalue weighted by atomic mass is 35.5. The van der Waals surface area contributed by atoms with Crippen LogP contribution in [0.2, 0.25) is 5.02 Å². The second kappa shape index (κ2) is 5.88. The molecule has 0 aliphatic carbocycles. The number of nitrogens with zero attached hydrogens (tertiary/aromatic N) is 2. The van der Waals surface area contributed by atoms with Gasteiger partial charge >= 0.3 is 5.97 Å². The molecule has 1 aromatic carbocycles. The van der Waals surface area contributed by atoms with Crippen LogP contribution in [0.5, 0.6) is 0 Å². The Hall–Kier alpha value is -2.14. The quantitative estimate of drug-likeness (QED) is 0.941. The van der Waals surface area contributed by atoms with Crippen LogP contribution in [0.3, 0.4) is 0 Å². The van der Waals surface area contributed by atoms with Crippen LogP contribution in [0.4, 0.5) is 10.2 Å². The monoisotopic (exact) mass is 294 g/mol. The summed E-state index contributed by atoms with van der Waals surface area (Å²) in [4.78, 5) is 16.6. The molecular formula is C14H12ClFN2O2. The van der Waals surface area contributed by atoms with Crippen molar-refractivity contribution in [1.82, 2.24) is 4.98 Å². The number of carbonyl (C=O) groups is 1. The molecule has 6 heteroatoms. The van der Waals surface area contributed by atoms with Crippen LogP contribution in [-0.2, 0) is 6.54 Å². The van der Waals surface area contributed by atoms with Gasteiger partial charge in [-0.25, -0.2) is 14.2 Å². The molecule has 0 saturated carbocycles. The molecule has 0 aliphatic rings. The van der Waals surface area contributed by atoms with Crippen molar-refractivity contribution < 1.29 is 14.3 Å². The molecule has 0 unspecified atom stereocenters. The number of halogens is 2. The maximum atomic E-state index is 13.1. The number of anilines is 1. The molecule has 1 aromatic heterocycles. The summed E-state index contributed by atoms with van der Waals surface area (Å²) >= 11 is 6.06. The van der Waals surface area contributed by atoms with Crippen molar-refractivity contribution in [3.8, 4) is 0 Å². The van der Waals surface area contributed by atoms with E-state index in [2.05, 4.69) is 4.98 Å². The largest absolute Gasteiger partial charge is 0.478 e. The van der Waals surface area contributed by atoms with E-state index in [0.717, 1.165) is 17.8 Å². The van der Waals surface area contributed by atoms with E-state index in [0.29, 0.717) is 11.6 Å². The van der Waals surface area contributed by atoms with Crippen LogP contribution in [0.1, 0.15) is 15.9 Å². The Morgan fingerprint density at radius 1 is 1.45 bits per heavy atom. The third-order valence-electron chi connectivity index (χ3n) is 2.79. The van der Waals surface area contributed by atoms with Crippen LogP contribution in [0.15, 0.2) is 36.5 Å². The number of aromatic carboxylic acids is 1. The number of hydrogen-bond acceptors (Lipinski definition) is 3. The number of rotatable bonds is 4. The second-order valence-corrected chi connectivity index (χ2v) is 4.68. The van der Waals surface area contributed by atoms with Gasteiger partial charge in [-0.05, 0) is 17.7 Å². The van der Waals surface area contributed by atoms with Crippen molar-refractivity contribution in [1.29, 1.82) is 0 Å². The first-order valence-electron chi connectivity index (χ1n) is 5.82. The van der Waals surface area contributed by atoms with Crippen molar-refractivity contribution in [2.75, 3.05) is 11.9 Å². The smallest absolute Gasteiger partial charge is 0.339 e. The van der Waals surface area contributed by atoms with E-state index < -0.39 is 11.8 Å². The SMILES string of the molecule is CN(Cc1ccccc1Cl)c1ncc(F)cc1C(=O)O. The predicted octanol–water partition coefficient (Wildman–Crippen LogP) is 3.21. The van der Waals surface area contributed by atoms with E-state index in [4.69, 9.17) is 16.7 Å². The molecule has 0 saturated heterocycles. The Morgan fingerprint density at radius 2 is 2.15 bits per heavy atom. The van der Waals surface area contributed by atoms with Crippen molar-refractivity contribution in [3.63, 3.8) is 0 Å². The zero-order valence-corrected chi connectivity index (χ0v) is 11.4. The highest BCUT2D eigenvalue weighted by molar-refractivity contribution is 6.31. The maximum absolute atomic E-state index is 13.1. The minimum atomic E-state index is -1.22. The zero-order valence-electron chi connectivity index (χ0n) is 10.7. The summed E-state index contributed by atoms with van der Waals surface area (Å²) in [6.45, 7) is 0.374. The summed E-state index contributed by atoms with van der Waals surface area (Å²) in [7, 11) is 1.68. The van der Waals surface area contributed by atoms with E-state index in [1.807, 2.05) is 18.2 Å². The van der Waals surface area contributed by atoms with Gasteiger partial charge < -0.3 is 10.0 Å². The molecule has 0 aliphatic heterocycles. The summed E-state index contributed by atoms with van der Waals surface area (Å²) in [5, 5.41) is 9.68. The normalized spacial score (nSPS) is 10.3. The Balaban J connectivity index is 2.32. The second-order valence-electron chi connectivity index (χ2n) is 4.28. The first-order valence-corrected chi connectivity index (χ1v) is 6.20. The van der Waals surface area contributed by atoms with E-state index in [-0.39, 0.29) is 11.4 Å². The highest BCUT2D eigenvalue weighted by Gasteiger charge is 2.17. The lowest BCUT2D eigenvalue weighted by atomic mass is 10.2. The molecule has 0 spiro atoms. The fourth-order valence-corrected chi connectivity index (χ4v) is 2.05. The van der Waals surface area contributed by atoms with Gasteiger partial charge in [-0.1, -0.05) is 29.8 Å². The first kappa shape index (κ1) is 14.3. The van der Waals surface area contributed by atoms with Crippen LogP contribution in [0, 0.1) is 5.82 Å². The third kappa shape index (κ3) is 3.05. The molecule has 0 atom stereocenters. The van der Waals surface area contributed by atoms with Crippen molar-refractivity contribution >= 4 is 23.4 Å². The minimum Gasteiger partial charge on any atom is -0.478 e. The van der Waals surface area contributed by atoms with Crippen LogP contribution in [-0.4, -0.2) is 23.1 Å². The molecule has 104 valence electrons. The molecular weight excluding hydrogens is 283 g/mol. The molecule has 0 bridgehead atoms. The van der Waals surface area contributed by atoms with E-state index >= 15 is 0 Å². The Morgan fingerprint density at radius 3 is 2.80 bits per heavy atom. The van der Waals surface area contributed by atoms with Gasteiger partial charge in [0.15, 0.2) is 0 Å². The molecule has 0 fully saturated rings. The number of hydrogen-bond donors (Lipinski definition) is 1. The van der Waals surface area contributed by atoms with Crippen molar-refractivity contribution in [3.05, 3.63) is 58.5 Å². The van der Waals surface area contributed by atoms with Gasteiger partial charge in [0.25, 0.3) is 0 Å². The zero-order chi connectivity index (χ0) is 14.7. The van der Waals surface area contributed by atoms with Gasteiger partial charge in [-0.15, -0.1) is 0 Å². The Labute approximate surface area is 120 Å². The predicted molar refractivity (Wildman–Crippen MR) is 74.7 cm³/mol. The first-order chi connectivity index (χ1) is 9.49. The number of aromatic nitrogens is 1. The van der Waals surface area contributed by atoms with Gasteiger partial charge in [-0.2, -0.15) is 0 Å². The molecule has 0 amide bonds. The summed E-state index contributed by atoms with van der Waals surface area (Å²) in [5.41, 5.74) is 0.652. The van der Waals surface area contributed by atoms with Crippen LogP contribution in [0.25, 0.3) is 0 Å². The summed E-state index contributed by atoms with van der Waals surface area (Å²) in [6.07, 6.45) is 0.991. The maximum Gasteiger partial charge on any atom is 0.339 e. The molecule has 4 nitrogen and oxygen atoms in total. The standard InChI is InChI=1S/C14H12ClFN2O2/c1-18(8-9-4-2-3-5-12(9)15)13-11(14(19)20)6-10(16)7-17-13/h2-7H,8H2,1H3,(H,19,20). The summed E-state index contributed by atoms with van der Waals surface area (Å²) in [5.74, 6) is -1.71. The van der Waals surface area contributed by atoms with E-state index in [1.165, 1.54) is 0 Å². The minimum absolute atomic E-state index is 0.181. The average molecular weight is 295 g/mol. The molecule has 2 rings (SSSR count). The fraction of sp³-hybridized carbons (Fsp3) is 0.143. The highest BCUT2D eigenvalue weighted by Crippen LogP contribution is 2.22. The lowest BCUT2D eigenvalue weighted by Crippen LogP contribution is -2.21. The van der Waals surface area contributed by atoms with Gasteiger partial charge in [0.05, 0.1) is 6.20 Å². The topological polar surface area (TPSA) is 53.4 Å². The average Bonchev–Trinajstić information content (AvgIpc) is 2.41. The summed E-state index contributed by atoms with van der Waals surface area (Å²) < 4.78 is 13.1. The van der Waals surface area contributed by atoms with E-state index in [9.17, 15) is 9.18 Å². The number of benzene rings is 1. The molecule has 20 heavy (non-hydrogen) atoms. The Bertz CT molecular complexity index is 649. The van der Waals surface area contributed by atoms with Gasteiger partial charge in [0.1, 0.15) is 17.2 Å². The van der Waals surface area contributed by atoms with Crippen molar-refractivity contribution in [2.45, 2.75) is 6.54 Å². The summed E-state index contributed by atoms with van der Waals surface area (Å²) in [6, 6.07) is 8.19. The van der Waals surface area contributed by atoms with Crippen LogP contribution >= 0.6 is 11.6 Å². The number of carboxylic acid groups (broad SMARTS) is 1. The lowest BCUT2D eigenvalue weighted by Gasteiger charge is -2.20. The molecule has 1 heterocycles. The van der Waals surface area contributed by atoms with E-state index in [1.54, 1.807) is 18.0 Å². The van der Waals surface area contributed by atoms with Crippen LogP contribution < -0.4 is 4.90 Å². The van der Waals surface area contributed by atoms with Gasteiger partial charge in [-0.3, -0.25) is 0 Å². The molecule has 0 radical (unpaired) electrons. The molecule has 2 aromatic rings. The number of pyridine rings is 1. The third-order valence-corrected chi connectivity index (χ3v) is 3.16. The fourth-order valence-electron chi connectivity index (χ4n) is 1.85. The number of carboxylic acids is 1.